The van der Waals surface area contributed by atoms with Crippen molar-refractivity contribution < 1.29 is 0 Å². The first-order valence-corrected chi connectivity index (χ1v) is 3.30. The molecule has 0 bridgehead atoms. The zero-order chi connectivity index (χ0) is 7.44. The van der Waals surface area contributed by atoms with Crippen LogP contribution in [0.3, 0.4) is 0 Å². The fraction of sp³-hybridized carbons (Fsp3) is 0.857. The monoisotopic (exact) mass is 128 g/mol. The van der Waals surface area contributed by atoms with Crippen molar-refractivity contribution in [2.75, 3.05) is 13.6 Å². The molecule has 0 aliphatic rings. The van der Waals surface area contributed by atoms with E-state index in [1.807, 2.05) is 18.9 Å². The van der Waals surface area contributed by atoms with Crippen molar-refractivity contribution in [3.8, 4) is 0 Å². The van der Waals surface area contributed by atoms with Crippen molar-refractivity contribution in [3.05, 3.63) is 0 Å². The molecule has 2 heteroatoms. The Morgan fingerprint density at radius 2 is 2.00 bits per heavy atom. The van der Waals surface area contributed by atoms with Gasteiger partial charge < -0.3 is 4.90 Å². The topological polar surface area (TPSA) is 27.1 Å². The van der Waals surface area contributed by atoms with Gasteiger partial charge in [-0.15, -0.1) is 0 Å². The Labute approximate surface area is 57.4 Å². The molecule has 2 nitrogen and oxygen atoms in total. The Morgan fingerprint density at radius 3 is 2.11 bits per heavy atom. The first kappa shape index (κ1) is 8.47. The summed E-state index contributed by atoms with van der Waals surface area (Å²) in [6.07, 6.45) is 0. The van der Waals surface area contributed by atoms with Gasteiger partial charge in [0.25, 0.3) is 0 Å². The lowest BCUT2D eigenvalue weighted by molar-refractivity contribution is 0.421. The third-order valence-electron chi connectivity index (χ3n) is 1.21. The summed E-state index contributed by atoms with van der Waals surface area (Å²) in [6, 6.07) is 0. The summed E-state index contributed by atoms with van der Waals surface area (Å²) in [4.78, 5) is 1.95. The molecule has 0 rings (SSSR count). The van der Waals surface area contributed by atoms with Gasteiger partial charge in [-0.05, 0) is 12.8 Å². The second kappa shape index (κ2) is 3.49. The minimum Gasteiger partial charge on any atom is -0.364 e. The predicted molar refractivity (Wildman–Crippen MR) is 40.9 cm³/mol. The molecule has 0 spiro atoms. The molecule has 0 aliphatic heterocycles. The third-order valence-corrected chi connectivity index (χ3v) is 1.21. The lowest BCUT2D eigenvalue weighted by Gasteiger charge is -2.18. The van der Waals surface area contributed by atoms with E-state index >= 15 is 0 Å². The minimum atomic E-state index is 0.642. The van der Waals surface area contributed by atoms with Crippen LogP contribution < -0.4 is 0 Å². The molecule has 0 radical (unpaired) electrons. The van der Waals surface area contributed by atoms with Crippen LogP contribution in [-0.4, -0.2) is 24.3 Å². The minimum absolute atomic E-state index is 0.642. The second-order valence-electron chi connectivity index (χ2n) is 2.86. The van der Waals surface area contributed by atoms with E-state index in [1.165, 1.54) is 0 Å². The number of nitrogens with zero attached hydrogens (tertiary/aromatic N) is 1. The maximum atomic E-state index is 7.22. The lowest BCUT2D eigenvalue weighted by atomic mass is 10.2. The zero-order valence-corrected chi connectivity index (χ0v) is 6.73. The van der Waals surface area contributed by atoms with Crippen LogP contribution >= 0.6 is 0 Å². The predicted octanol–water partition coefficient (Wildman–Crippen LogP) is 1.57. The van der Waals surface area contributed by atoms with Crippen LogP contribution in [0.5, 0.6) is 0 Å². The standard InChI is InChI=1S/C7H16N2/c1-6(2)5-9(4)7(3)8/h6,8H,5H2,1-4H3. The van der Waals surface area contributed by atoms with E-state index in [0.29, 0.717) is 11.8 Å². The zero-order valence-electron chi connectivity index (χ0n) is 6.73. The van der Waals surface area contributed by atoms with Gasteiger partial charge in [-0.2, -0.15) is 0 Å². The summed E-state index contributed by atoms with van der Waals surface area (Å²) in [5.74, 6) is 1.29. The highest BCUT2D eigenvalue weighted by molar-refractivity contribution is 5.75. The Bertz CT molecular complexity index is 97.1. The average Bonchev–Trinajstić information content (AvgIpc) is 1.63. The van der Waals surface area contributed by atoms with E-state index in [1.54, 1.807) is 0 Å². The molecule has 0 unspecified atom stereocenters. The van der Waals surface area contributed by atoms with Gasteiger partial charge in [0, 0.05) is 13.6 Å². The van der Waals surface area contributed by atoms with Crippen LogP contribution in [0.4, 0.5) is 0 Å². The second-order valence-corrected chi connectivity index (χ2v) is 2.86. The molecule has 0 aromatic carbocycles. The van der Waals surface area contributed by atoms with Crippen molar-refractivity contribution in [1.82, 2.24) is 4.90 Å². The van der Waals surface area contributed by atoms with E-state index in [2.05, 4.69) is 13.8 Å². The summed E-state index contributed by atoms with van der Waals surface area (Å²) in [5.41, 5.74) is 0. The molecule has 54 valence electrons. The molecular weight excluding hydrogens is 112 g/mol. The normalized spacial score (nSPS) is 9.89. The summed E-state index contributed by atoms with van der Waals surface area (Å²) >= 11 is 0. The summed E-state index contributed by atoms with van der Waals surface area (Å²) < 4.78 is 0. The Morgan fingerprint density at radius 1 is 1.56 bits per heavy atom. The lowest BCUT2D eigenvalue weighted by Crippen LogP contribution is -2.27. The maximum absolute atomic E-state index is 7.22. The third kappa shape index (κ3) is 4.01. The molecule has 0 fully saturated rings. The molecule has 0 saturated carbocycles. The van der Waals surface area contributed by atoms with E-state index in [-0.39, 0.29) is 0 Å². The molecule has 1 N–H and O–H groups in total. The Balaban J connectivity index is 3.50. The van der Waals surface area contributed by atoms with Crippen LogP contribution in [0.1, 0.15) is 20.8 Å². The fourth-order valence-corrected chi connectivity index (χ4v) is 0.685. The highest BCUT2D eigenvalue weighted by atomic mass is 15.1. The molecule has 0 aromatic rings. The van der Waals surface area contributed by atoms with E-state index < -0.39 is 0 Å². The first-order chi connectivity index (χ1) is 4.04. The van der Waals surface area contributed by atoms with Crippen LogP contribution in [-0.2, 0) is 0 Å². The summed E-state index contributed by atoms with van der Waals surface area (Å²) in [6.45, 7) is 7.09. The summed E-state index contributed by atoms with van der Waals surface area (Å²) in [5, 5.41) is 7.22. The molecule has 0 amide bonds. The van der Waals surface area contributed by atoms with E-state index in [0.717, 1.165) is 6.54 Å². The van der Waals surface area contributed by atoms with Gasteiger partial charge in [0.05, 0.1) is 5.84 Å². The van der Waals surface area contributed by atoms with Gasteiger partial charge in [0.2, 0.25) is 0 Å². The molecule has 0 aromatic heterocycles. The van der Waals surface area contributed by atoms with Crippen LogP contribution in [0, 0.1) is 11.3 Å². The number of amidine groups is 1. The Hall–Kier alpha value is -0.530. The average molecular weight is 128 g/mol. The SMILES string of the molecule is CC(=N)N(C)CC(C)C. The van der Waals surface area contributed by atoms with Crippen molar-refractivity contribution in [2.45, 2.75) is 20.8 Å². The van der Waals surface area contributed by atoms with Crippen molar-refractivity contribution >= 4 is 5.84 Å². The Kier molecular flexibility index (Phi) is 3.28. The van der Waals surface area contributed by atoms with Gasteiger partial charge in [-0.25, -0.2) is 0 Å². The summed E-state index contributed by atoms with van der Waals surface area (Å²) in [7, 11) is 1.95. The van der Waals surface area contributed by atoms with Crippen LogP contribution in [0.15, 0.2) is 0 Å². The number of nitrogens with one attached hydrogen (secondary N) is 1. The molecule has 0 heterocycles. The van der Waals surface area contributed by atoms with Gasteiger partial charge in [-0.3, -0.25) is 5.41 Å². The molecule has 0 atom stereocenters. The first-order valence-electron chi connectivity index (χ1n) is 3.30. The molecular formula is C7H16N2. The van der Waals surface area contributed by atoms with Gasteiger partial charge in [0.15, 0.2) is 0 Å². The molecule has 9 heavy (non-hydrogen) atoms. The highest BCUT2D eigenvalue weighted by Gasteiger charge is 1.99. The van der Waals surface area contributed by atoms with Crippen molar-refractivity contribution in [2.24, 2.45) is 5.92 Å². The molecule has 0 aliphatic carbocycles. The van der Waals surface area contributed by atoms with Crippen molar-refractivity contribution in [3.63, 3.8) is 0 Å². The fourth-order valence-electron chi connectivity index (χ4n) is 0.685. The number of rotatable bonds is 2. The van der Waals surface area contributed by atoms with Gasteiger partial charge in [0.1, 0.15) is 0 Å². The van der Waals surface area contributed by atoms with Crippen LogP contribution in [0.2, 0.25) is 0 Å². The van der Waals surface area contributed by atoms with Gasteiger partial charge in [-0.1, -0.05) is 13.8 Å². The quantitative estimate of drug-likeness (QED) is 0.443. The molecule has 0 saturated heterocycles. The van der Waals surface area contributed by atoms with E-state index in [4.69, 9.17) is 5.41 Å². The largest absolute Gasteiger partial charge is 0.364 e. The highest BCUT2D eigenvalue weighted by Crippen LogP contribution is 1.94. The van der Waals surface area contributed by atoms with E-state index in [9.17, 15) is 0 Å². The number of hydrogen-bond acceptors (Lipinski definition) is 1. The van der Waals surface area contributed by atoms with Gasteiger partial charge >= 0.3 is 0 Å². The smallest absolute Gasteiger partial charge is 0.0923 e. The van der Waals surface area contributed by atoms with Crippen LogP contribution in [0.25, 0.3) is 0 Å². The number of hydrogen-bond donors (Lipinski definition) is 1. The maximum Gasteiger partial charge on any atom is 0.0923 e. The van der Waals surface area contributed by atoms with Crippen molar-refractivity contribution in [1.29, 1.82) is 5.41 Å².